The normalized spacial score (nSPS) is 27.1. The SMILES string of the molecule is Cc1ccc(NC(=O)CN2CC[C@]3(O)CCCC[C@H]3[C@@H]2c2ccc3c(c2)OCO3)c(C)c1. The number of carbonyl (C=O) groups excluding carboxylic acids is 1. The van der Waals surface area contributed by atoms with Gasteiger partial charge in [-0.25, -0.2) is 0 Å². The molecule has 1 amide bonds. The molecule has 0 aromatic heterocycles. The molecule has 5 rings (SSSR count). The lowest BCUT2D eigenvalue weighted by Crippen LogP contribution is -2.56. The zero-order valence-corrected chi connectivity index (χ0v) is 18.9. The van der Waals surface area contributed by atoms with Crippen LogP contribution < -0.4 is 14.8 Å². The fourth-order valence-electron chi connectivity index (χ4n) is 5.79. The van der Waals surface area contributed by atoms with E-state index in [9.17, 15) is 9.90 Å². The van der Waals surface area contributed by atoms with Crippen LogP contribution >= 0.6 is 0 Å². The Morgan fingerprint density at radius 1 is 1.12 bits per heavy atom. The zero-order chi connectivity index (χ0) is 22.3. The summed E-state index contributed by atoms with van der Waals surface area (Å²) in [5.41, 5.74) is 3.51. The van der Waals surface area contributed by atoms with E-state index in [1.54, 1.807) is 0 Å². The number of aryl methyl sites for hydroxylation is 2. The number of anilines is 1. The molecule has 2 aliphatic heterocycles. The zero-order valence-electron chi connectivity index (χ0n) is 18.9. The second-order valence-electron chi connectivity index (χ2n) is 9.60. The van der Waals surface area contributed by atoms with Crippen molar-refractivity contribution in [2.75, 3.05) is 25.2 Å². The summed E-state index contributed by atoms with van der Waals surface area (Å²) in [5.74, 6) is 1.57. The molecule has 1 saturated heterocycles. The summed E-state index contributed by atoms with van der Waals surface area (Å²) in [7, 11) is 0. The Bertz CT molecular complexity index is 1020. The predicted octanol–water partition coefficient (Wildman–Crippen LogP) is 4.34. The molecule has 0 spiro atoms. The summed E-state index contributed by atoms with van der Waals surface area (Å²) in [5, 5.41) is 14.6. The lowest BCUT2D eigenvalue weighted by molar-refractivity contribution is -0.135. The number of hydrogen-bond donors (Lipinski definition) is 2. The highest BCUT2D eigenvalue weighted by Gasteiger charge is 2.49. The number of piperidine rings is 1. The average molecular weight is 437 g/mol. The van der Waals surface area contributed by atoms with E-state index < -0.39 is 5.60 Å². The first kappa shape index (κ1) is 21.3. The first-order chi connectivity index (χ1) is 15.4. The Morgan fingerprint density at radius 3 is 2.81 bits per heavy atom. The van der Waals surface area contributed by atoms with Gasteiger partial charge in [0.15, 0.2) is 11.5 Å². The van der Waals surface area contributed by atoms with E-state index >= 15 is 0 Å². The van der Waals surface area contributed by atoms with Gasteiger partial charge in [0.05, 0.1) is 12.1 Å². The minimum Gasteiger partial charge on any atom is -0.454 e. The van der Waals surface area contributed by atoms with Gasteiger partial charge in [-0.15, -0.1) is 0 Å². The summed E-state index contributed by atoms with van der Waals surface area (Å²) < 4.78 is 11.1. The number of aliphatic hydroxyl groups is 1. The number of nitrogens with one attached hydrogen (secondary N) is 1. The smallest absolute Gasteiger partial charge is 0.238 e. The largest absolute Gasteiger partial charge is 0.454 e. The van der Waals surface area contributed by atoms with Crippen molar-refractivity contribution in [2.24, 2.45) is 5.92 Å². The topological polar surface area (TPSA) is 71.0 Å². The van der Waals surface area contributed by atoms with Crippen LogP contribution in [0.15, 0.2) is 36.4 Å². The fraction of sp³-hybridized carbons (Fsp3) is 0.500. The van der Waals surface area contributed by atoms with Crippen LogP contribution in [0.25, 0.3) is 0 Å². The Kier molecular flexibility index (Phi) is 5.59. The maximum atomic E-state index is 13.1. The molecule has 0 bridgehead atoms. The van der Waals surface area contributed by atoms with Gasteiger partial charge in [0, 0.05) is 24.2 Å². The van der Waals surface area contributed by atoms with Crippen LogP contribution in [0.5, 0.6) is 11.5 Å². The molecule has 6 heteroatoms. The van der Waals surface area contributed by atoms with Crippen molar-refractivity contribution in [3.05, 3.63) is 53.1 Å². The van der Waals surface area contributed by atoms with Crippen molar-refractivity contribution in [3.8, 4) is 11.5 Å². The average Bonchev–Trinajstić information content (AvgIpc) is 3.23. The molecule has 2 aromatic carbocycles. The van der Waals surface area contributed by atoms with Crippen LogP contribution in [0.3, 0.4) is 0 Å². The van der Waals surface area contributed by atoms with Crippen LogP contribution in [0.1, 0.15) is 54.8 Å². The predicted molar refractivity (Wildman–Crippen MR) is 123 cm³/mol. The first-order valence-electron chi connectivity index (χ1n) is 11.7. The van der Waals surface area contributed by atoms with Gasteiger partial charge < -0.3 is 19.9 Å². The molecule has 3 atom stereocenters. The van der Waals surface area contributed by atoms with Gasteiger partial charge >= 0.3 is 0 Å². The summed E-state index contributed by atoms with van der Waals surface area (Å²) >= 11 is 0. The Morgan fingerprint density at radius 2 is 1.97 bits per heavy atom. The van der Waals surface area contributed by atoms with Crippen LogP contribution in [0.4, 0.5) is 5.69 Å². The van der Waals surface area contributed by atoms with Crippen LogP contribution in [0, 0.1) is 19.8 Å². The second-order valence-corrected chi connectivity index (χ2v) is 9.60. The first-order valence-corrected chi connectivity index (χ1v) is 11.7. The third kappa shape index (κ3) is 3.97. The molecule has 6 nitrogen and oxygen atoms in total. The second kappa shape index (κ2) is 8.41. The Labute approximate surface area is 189 Å². The molecule has 170 valence electrons. The highest BCUT2D eigenvalue weighted by molar-refractivity contribution is 5.93. The molecule has 1 saturated carbocycles. The van der Waals surface area contributed by atoms with Crippen molar-refractivity contribution in [1.82, 2.24) is 4.90 Å². The maximum Gasteiger partial charge on any atom is 0.238 e. The molecule has 2 N–H and O–H groups in total. The van der Waals surface area contributed by atoms with E-state index in [-0.39, 0.29) is 24.7 Å². The van der Waals surface area contributed by atoms with Crippen LogP contribution in [-0.2, 0) is 4.79 Å². The summed E-state index contributed by atoms with van der Waals surface area (Å²) in [6.07, 6.45) is 4.67. The molecule has 3 aliphatic rings. The number of fused-ring (bicyclic) bond motifs is 2. The van der Waals surface area contributed by atoms with Crippen molar-refractivity contribution in [1.29, 1.82) is 0 Å². The number of likely N-dealkylation sites (tertiary alicyclic amines) is 1. The number of carbonyl (C=O) groups is 1. The lowest BCUT2D eigenvalue weighted by Gasteiger charge is -2.52. The molecule has 2 fully saturated rings. The highest BCUT2D eigenvalue weighted by Crippen LogP contribution is 2.50. The van der Waals surface area contributed by atoms with Gasteiger partial charge in [0.25, 0.3) is 0 Å². The number of nitrogens with zero attached hydrogens (tertiary/aromatic N) is 1. The summed E-state index contributed by atoms with van der Waals surface area (Å²) in [6.45, 7) is 5.28. The van der Waals surface area contributed by atoms with Gasteiger partial charge in [-0.1, -0.05) is 36.6 Å². The van der Waals surface area contributed by atoms with Gasteiger partial charge in [-0.05, 0) is 62.4 Å². The molecular formula is C26H32N2O4. The molecule has 0 radical (unpaired) electrons. The van der Waals surface area contributed by atoms with Gasteiger partial charge in [0.1, 0.15) is 0 Å². The Hall–Kier alpha value is -2.57. The molecule has 32 heavy (non-hydrogen) atoms. The Balaban J connectivity index is 1.41. The van der Waals surface area contributed by atoms with E-state index in [1.165, 1.54) is 5.56 Å². The van der Waals surface area contributed by atoms with Crippen molar-refractivity contribution < 1.29 is 19.4 Å². The fourth-order valence-corrected chi connectivity index (χ4v) is 5.79. The van der Waals surface area contributed by atoms with Gasteiger partial charge in [-0.2, -0.15) is 0 Å². The third-order valence-electron chi connectivity index (χ3n) is 7.41. The van der Waals surface area contributed by atoms with Crippen molar-refractivity contribution in [3.63, 3.8) is 0 Å². The van der Waals surface area contributed by atoms with E-state index in [2.05, 4.69) is 22.3 Å². The summed E-state index contributed by atoms with van der Waals surface area (Å²) in [4.78, 5) is 15.3. The van der Waals surface area contributed by atoms with Gasteiger partial charge in [0.2, 0.25) is 12.7 Å². The van der Waals surface area contributed by atoms with Crippen molar-refractivity contribution in [2.45, 2.75) is 57.6 Å². The minimum atomic E-state index is -0.667. The standard InChI is InChI=1S/C26H32N2O4/c1-17-6-8-21(18(2)13-17)27-24(29)15-28-12-11-26(30)10-4-3-5-20(26)25(28)19-7-9-22-23(14-19)32-16-31-22/h6-9,13-14,20,25,30H,3-5,10-12,15-16H2,1-2H3,(H,27,29)/t20-,25-,26+/m0/s1. The third-order valence-corrected chi connectivity index (χ3v) is 7.41. The lowest BCUT2D eigenvalue weighted by atomic mass is 9.66. The highest BCUT2D eigenvalue weighted by atomic mass is 16.7. The molecule has 2 heterocycles. The number of benzene rings is 2. The molecule has 2 aromatic rings. The minimum absolute atomic E-state index is 0.0241. The maximum absolute atomic E-state index is 13.1. The van der Waals surface area contributed by atoms with E-state index in [4.69, 9.17) is 9.47 Å². The van der Waals surface area contributed by atoms with E-state index in [0.717, 1.165) is 54.0 Å². The molecule has 0 unspecified atom stereocenters. The quantitative estimate of drug-likeness (QED) is 0.746. The van der Waals surface area contributed by atoms with Gasteiger partial charge in [-0.3, -0.25) is 9.69 Å². The number of amides is 1. The number of rotatable bonds is 4. The monoisotopic (exact) mass is 436 g/mol. The molecule has 1 aliphatic carbocycles. The number of ether oxygens (including phenoxy) is 2. The molecular weight excluding hydrogens is 404 g/mol. The van der Waals surface area contributed by atoms with E-state index in [1.807, 2.05) is 38.1 Å². The van der Waals surface area contributed by atoms with Crippen LogP contribution in [0.2, 0.25) is 0 Å². The summed E-state index contributed by atoms with van der Waals surface area (Å²) in [6, 6.07) is 12.1. The number of hydrogen-bond acceptors (Lipinski definition) is 5. The van der Waals surface area contributed by atoms with Crippen molar-refractivity contribution >= 4 is 11.6 Å². The van der Waals surface area contributed by atoms with Crippen LogP contribution in [-0.4, -0.2) is 41.4 Å². The van der Waals surface area contributed by atoms with E-state index in [0.29, 0.717) is 19.5 Å².